The topological polar surface area (TPSA) is 20.2 Å². The second kappa shape index (κ2) is 5.35. The summed E-state index contributed by atoms with van der Waals surface area (Å²) in [7, 11) is 0. The van der Waals surface area contributed by atoms with Crippen LogP contribution in [0.2, 0.25) is 0 Å². The van der Waals surface area contributed by atoms with Crippen molar-refractivity contribution in [2.75, 3.05) is 0 Å². The molecule has 0 heterocycles. The van der Waals surface area contributed by atoms with E-state index in [-0.39, 0.29) is 5.41 Å². The van der Waals surface area contributed by atoms with Gasteiger partial charge in [0.1, 0.15) is 11.6 Å². The average molecular weight is 254 g/mol. The van der Waals surface area contributed by atoms with Gasteiger partial charge >= 0.3 is 0 Å². The van der Waals surface area contributed by atoms with E-state index in [1.807, 2.05) is 0 Å². The first kappa shape index (κ1) is 13.5. The molecule has 1 nitrogen and oxygen atoms in total. The molecule has 0 spiro atoms. The fourth-order valence-electron chi connectivity index (χ4n) is 2.89. The first-order chi connectivity index (χ1) is 8.49. The van der Waals surface area contributed by atoms with Gasteiger partial charge in [0.15, 0.2) is 0 Å². The van der Waals surface area contributed by atoms with Crippen LogP contribution in [0.25, 0.3) is 0 Å². The smallest absolute Gasteiger partial charge is 0.126 e. The third-order valence-electron chi connectivity index (χ3n) is 4.15. The van der Waals surface area contributed by atoms with Crippen LogP contribution in [0, 0.1) is 17.0 Å². The molecule has 100 valence electrons. The van der Waals surface area contributed by atoms with Crippen LogP contribution < -0.4 is 0 Å². The number of hydrogen-bond acceptors (Lipinski definition) is 1. The maximum Gasteiger partial charge on any atom is 0.126 e. The lowest BCUT2D eigenvalue weighted by Crippen LogP contribution is -2.35. The number of rotatable bonds is 3. The molecule has 0 bridgehead atoms. The zero-order chi connectivity index (χ0) is 13.2. The van der Waals surface area contributed by atoms with Crippen LogP contribution in [0.5, 0.6) is 0 Å². The molecule has 2 rings (SSSR count). The van der Waals surface area contributed by atoms with E-state index in [4.69, 9.17) is 0 Å². The zero-order valence-corrected chi connectivity index (χ0v) is 10.8. The van der Waals surface area contributed by atoms with Crippen molar-refractivity contribution in [3.05, 3.63) is 35.4 Å². The van der Waals surface area contributed by atoms with Crippen LogP contribution in [0.3, 0.4) is 0 Å². The Morgan fingerprint density at radius 2 is 1.67 bits per heavy atom. The van der Waals surface area contributed by atoms with Crippen molar-refractivity contribution in [3.63, 3.8) is 0 Å². The Morgan fingerprint density at radius 1 is 1.11 bits per heavy atom. The van der Waals surface area contributed by atoms with Crippen LogP contribution in [0.15, 0.2) is 18.2 Å². The van der Waals surface area contributed by atoms with Crippen LogP contribution in [0.4, 0.5) is 8.78 Å². The first-order valence-corrected chi connectivity index (χ1v) is 6.63. The van der Waals surface area contributed by atoms with E-state index < -0.39 is 17.7 Å². The Bertz CT molecular complexity index is 391. The van der Waals surface area contributed by atoms with Crippen molar-refractivity contribution in [1.29, 1.82) is 0 Å². The Hall–Kier alpha value is -0.960. The lowest BCUT2D eigenvalue weighted by molar-refractivity contribution is 0.0103. The molecule has 1 aliphatic carbocycles. The van der Waals surface area contributed by atoms with Crippen LogP contribution in [-0.4, -0.2) is 11.2 Å². The Balaban J connectivity index is 2.08. The molecule has 1 aromatic carbocycles. The fraction of sp³-hybridized carbons (Fsp3) is 0.600. The molecule has 0 aliphatic heterocycles. The van der Waals surface area contributed by atoms with Gasteiger partial charge in [0.05, 0.1) is 6.10 Å². The molecule has 1 saturated carbocycles. The normalized spacial score (nSPS) is 20.7. The van der Waals surface area contributed by atoms with Gasteiger partial charge < -0.3 is 5.11 Å². The Morgan fingerprint density at radius 3 is 2.22 bits per heavy atom. The predicted octanol–water partition coefficient (Wildman–Crippen LogP) is 3.84. The van der Waals surface area contributed by atoms with Gasteiger partial charge in [-0.1, -0.05) is 26.2 Å². The largest absolute Gasteiger partial charge is 0.392 e. The summed E-state index contributed by atoms with van der Waals surface area (Å²) >= 11 is 0. The summed E-state index contributed by atoms with van der Waals surface area (Å²) < 4.78 is 26.2. The second-order valence-electron chi connectivity index (χ2n) is 5.71. The van der Waals surface area contributed by atoms with Gasteiger partial charge in [0.2, 0.25) is 0 Å². The summed E-state index contributed by atoms with van der Waals surface area (Å²) in [6.45, 7) is 2.08. The van der Waals surface area contributed by atoms with Crippen molar-refractivity contribution in [1.82, 2.24) is 0 Å². The fourth-order valence-corrected chi connectivity index (χ4v) is 2.89. The van der Waals surface area contributed by atoms with Crippen molar-refractivity contribution < 1.29 is 13.9 Å². The van der Waals surface area contributed by atoms with E-state index in [1.165, 1.54) is 18.6 Å². The molecule has 0 radical (unpaired) electrons. The molecule has 1 aliphatic rings. The van der Waals surface area contributed by atoms with Gasteiger partial charge in [0, 0.05) is 6.07 Å². The number of hydrogen-bond donors (Lipinski definition) is 1. The van der Waals surface area contributed by atoms with Crippen molar-refractivity contribution in [2.45, 2.75) is 51.6 Å². The van der Waals surface area contributed by atoms with Crippen LogP contribution in [0.1, 0.15) is 44.6 Å². The highest BCUT2D eigenvalue weighted by Gasteiger charge is 2.34. The minimum absolute atomic E-state index is 0.110. The number of aliphatic hydroxyl groups is 1. The summed E-state index contributed by atoms with van der Waals surface area (Å²) in [6, 6.07) is 3.47. The van der Waals surface area contributed by atoms with Crippen LogP contribution >= 0.6 is 0 Å². The third kappa shape index (κ3) is 3.08. The van der Waals surface area contributed by atoms with Crippen LogP contribution in [-0.2, 0) is 6.42 Å². The molecule has 1 fully saturated rings. The van der Waals surface area contributed by atoms with Gasteiger partial charge in [-0.2, -0.15) is 0 Å². The number of halogens is 2. The quantitative estimate of drug-likeness (QED) is 0.869. The summed E-state index contributed by atoms with van der Waals surface area (Å²) in [5.74, 6) is -1.16. The van der Waals surface area contributed by atoms with Crippen molar-refractivity contribution in [2.24, 2.45) is 5.41 Å². The molecule has 3 heteroatoms. The van der Waals surface area contributed by atoms with Gasteiger partial charge in [-0.3, -0.25) is 0 Å². The standard InChI is InChI=1S/C15H20F2O/c1-15(5-3-2-4-6-15)14(18)9-11-7-12(16)10-13(17)8-11/h7-8,10,14,18H,2-6,9H2,1H3. The highest BCUT2D eigenvalue weighted by molar-refractivity contribution is 5.19. The minimum atomic E-state index is -0.578. The molecule has 18 heavy (non-hydrogen) atoms. The van der Waals surface area contributed by atoms with Crippen molar-refractivity contribution >= 4 is 0 Å². The van der Waals surface area contributed by atoms with E-state index in [0.717, 1.165) is 31.7 Å². The maximum atomic E-state index is 13.1. The highest BCUT2D eigenvalue weighted by Crippen LogP contribution is 2.39. The second-order valence-corrected chi connectivity index (χ2v) is 5.71. The van der Waals surface area contributed by atoms with E-state index in [1.54, 1.807) is 0 Å². The number of aliphatic hydroxyl groups excluding tert-OH is 1. The third-order valence-corrected chi connectivity index (χ3v) is 4.15. The molecule has 1 atom stereocenters. The summed E-state index contributed by atoms with van der Waals surface area (Å²) in [5, 5.41) is 10.3. The molecule has 1 unspecified atom stereocenters. The molecule has 0 saturated heterocycles. The Kier molecular flexibility index (Phi) is 4.00. The maximum absolute atomic E-state index is 13.1. The molecule has 1 aromatic rings. The van der Waals surface area contributed by atoms with E-state index >= 15 is 0 Å². The van der Waals surface area contributed by atoms with Crippen molar-refractivity contribution in [3.8, 4) is 0 Å². The molecule has 0 amide bonds. The molecule has 0 aromatic heterocycles. The summed E-state index contributed by atoms with van der Waals surface area (Å²) in [6.07, 6.45) is 5.26. The van der Waals surface area contributed by atoms with Gasteiger partial charge in [-0.05, 0) is 42.4 Å². The zero-order valence-electron chi connectivity index (χ0n) is 10.8. The van der Waals surface area contributed by atoms with Gasteiger partial charge in [-0.25, -0.2) is 8.78 Å². The lowest BCUT2D eigenvalue weighted by Gasteiger charge is -2.38. The lowest BCUT2D eigenvalue weighted by atomic mass is 9.70. The number of benzene rings is 1. The monoisotopic (exact) mass is 254 g/mol. The summed E-state index contributed by atoms with van der Waals surface area (Å²) in [5.41, 5.74) is 0.424. The van der Waals surface area contributed by atoms with E-state index in [9.17, 15) is 13.9 Å². The van der Waals surface area contributed by atoms with Gasteiger partial charge in [-0.15, -0.1) is 0 Å². The Labute approximate surface area is 107 Å². The molecular weight excluding hydrogens is 234 g/mol. The summed E-state index contributed by atoms with van der Waals surface area (Å²) in [4.78, 5) is 0. The first-order valence-electron chi connectivity index (χ1n) is 6.63. The molecule has 1 N–H and O–H groups in total. The highest BCUT2D eigenvalue weighted by atomic mass is 19.1. The van der Waals surface area contributed by atoms with Gasteiger partial charge in [0.25, 0.3) is 0 Å². The predicted molar refractivity (Wildman–Crippen MR) is 67.3 cm³/mol. The minimum Gasteiger partial charge on any atom is -0.392 e. The van der Waals surface area contributed by atoms with E-state index in [2.05, 4.69) is 6.92 Å². The molecular formula is C15H20F2O. The SMILES string of the molecule is CC1(C(O)Cc2cc(F)cc(F)c2)CCCCC1. The van der Waals surface area contributed by atoms with E-state index in [0.29, 0.717) is 12.0 Å². The average Bonchev–Trinajstić information content (AvgIpc) is 2.28.